The number of ketones is 1. The Morgan fingerprint density at radius 1 is 0.932 bits per heavy atom. The van der Waals surface area contributed by atoms with E-state index in [1.807, 2.05) is 106 Å². The fourth-order valence-electron chi connectivity index (χ4n) is 5.97. The molecule has 4 rings (SSSR count). The summed E-state index contributed by atoms with van der Waals surface area (Å²) in [6, 6.07) is 25.4. The van der Waals surface area contributed by atoms with Gasteiger partial charge in [0.25, 0.3) is 5.91 Å². The Bertz CT molecular complexity index is 1440. The van der Waals surface area contributed by atoms with Crippen LogP contribution < -0.4 is 5.32 Å². The Kier molecular flexibility index (Phi) is 10.6. The first-order valence-corrected chi connectivity index (χ1v) is 15.4. The third kappa shape index (κ3) is 7.92. The van der Waals surface area contributed by atoms with Crippen LogP contribution in [0.3, 0.4) is 0 Å². The zero-order valence-corrected chi connectivity index (χ0v) is 26.0. The van der Waals surface area contributed by atoms with Gasteiger partial charge in [0, 0.05) is 6.54 Å². The fraction of sp³-hybridized carbons (Fsp3) is 0.389. The molecule has 1 aliphatic rings. The van der Waals surface area contributed by atoms with Crippen LogP contribution in [-0.4, -0.2) is 57.3 Å². The zero-order valence-electron chi connectivity index (χ0n) is 26.0. The second-order valence-electron chi connectivity index (χ2n) is 12.4. The second-order valence-corrected chi connectivity index (χ2v) is 12.4. The predicted octanol–water partition coefficient (Wildman–Crippen LogP) is 6.47. The normalized spacial score (nSPS) is 17.0. The van der Waals surface area contributed by atoms with Crippen LogP contribution in [0.2, 0.25) is 0 Å². The maximum Gasteiger partial charge on any atom is 0.409 e. The number of hydrogen-bond donors (Lipinski definition) is 2. The minimum Gasteiger partial charge on any atom is -0.465 e. The molecule has 1 fully saturated rings. The summed E-state index contributed by atoms with van der Waals surface area (Å²) in [5.74, 6) is -1.86. The van der Waals surface area contributed by atoms with Gasteiger partial charge in [-0.1, -0.05) is 119 Å². The number of benzene rings is 3. The average molecular weight is 598 g/mol. The molecule has 3 aromatic carbocycles. The van der Waals surface area contributed by atoms with E-state index in [0.717, 1.165) is 33.6 Å². The second kappa shape index (κ2) is 14.3. The molecule has 44 heavy (non-hydrogen) atoms. The molecule has 3 amide bonds. The molecular weight excluding hydrogens is 554 g/mol. The average Bonchev–Trinajstić information content (AvgIpc) is 3.34. The first kappa shape index (κ1) is 32.5. The number of carbonyl (C=O) groups is 4. The molecule has 0 aliphatic carbocycles. The summed E-state index contributed by atoms with van der Waals surface area (Å²) in [6.07, 6.45) is -0.279. The van der Waals surface area contributed by atoms with Crippen molar-refractivity contribution >= 4 is 23.7 Å². The van der Waals surface area contributed by atoms with Gasteiger partial charge in [0.1, 0.15) is 12.2 Å². The van der Waals surface area contributed by atoms with Crippen LogP contribution in [0.4, 0.5) is 4.79 Å². The van der Waals surface area contributed by atoms with Crippen molar-refractivity contribution in [3.63, 3.8) is 0 Å². The van der Waals surface area contributed by atoms with Crippen molar-refractivity contribution in [3.8, 4) is 11.1 Å². The summed E-state index contributed by atoms with van der Waals surface area (Å²) in [4.78, 5) is 56.2. The lowest BCUT2D eigenvalue weighted by Crippen LogP contribution is -2.58. The third-order valence-corrected chi connectivity index (χ3v) is 8.31. The highest BCUT2D eigenvalue weighted by Gasteiger charge is 2.48. The van der Waals surface area contributed by atoms with Crippen molar-refractivity contribution in [2.24, 2.45) is 5.41 Å². The first-order valence-electron chi connectivity index (χ1n) is 15.4. The molecule has 0 aromatic heterocycles. The Morgan fingerprint density at radius 3 is 2.11 bits per heavy atom. The van der Waals surface area contributed by atoms with E-state index in [4.69, 9.17) is 0 Å². The predicted molar refractivity (Wildman–Crippen MR) is 171 cm³/mol. The van der Waals surface area contributed by atoms with Gasteiger partial charge in [-0.2, -0.15) is 0 Å². The number of amides is 3. The molecule has 0 spiro atoms. The van der Waals surface area contributed by atoms with E-state index in [-0.39, 0.29) is 24.2 Å². The number of unbranched alkanes of at least 4 members (excludes halogenated alkanes) is 1. The van der Waals surface area contributed by atoms with Gasteiger partial charge in [-0.25, -0.2) is 4.79 Å². The van der Waals surface area contributed by atoms with Crippen LogP contribution >= 0.6 is 0 Å². The monoisotopic (exact) mass is 597 g/mol. The number of rotatable bonds is 12. The standard InChI is InChI=1S/C36H43N3O5/c1-5-6-17-30(33(41)34(42)37-25(2)27-13-9-7-10-14-27)39(35(43)44)31-23-36(3,4)24-38(31)32(40)22-26-18-20-29(21-19-26)28-15-11-8-12-16-28/h7-16,18-21,25,30-31H,5-6,17,22-24H2,1-4H3,(H,37,42)(H,43,44)/t25-,30+,31?/m1/s1. The molecular formula is C36H43N3O5. The minimum absolute atomic E-state index is 0.0950. The molecule has 8 heteroatoms. The summed E-state index contributed by atoms with van der Waals surface area (Å²) in [5.41, 5.74) is 3.38. The maximum absolute atomic E-state index is 13.8. The highest BCUT2D eigenvalue weighted by atomic mass is 16.4. The van der Waals surface area contributed by atoms with E-state index >= 15 is 0 Å². The Labute approximate surface area is 260 Å². The topological polar surface area (TPSA) is 107 Å². The molecule has 1 unspecified atom stereocenters. The van der Waals surface area contributed by atoms with Gasteiger partial charge >= 0.3 is 6.09 Å². The summed E-state index contributed by atoms with van der Waals surface area (Å²) in [7, 11) is 0. The Hall–Kier alpha value is -4.46. The number of Topliss-reactive ketones (excluding diaryl/α,β-unsaturated/α-hetero) is 1. The van der Waals surface area contributed by atoms with Gasteiger partial charge in [-0.05, 0) is 47.4 Å². The van der Waals surface area contributed by atoms with E-state index in [9.17, 15) is 24.3 Å². The van der Waals surface area contributed by atoms with Crippen molar-refractivity contribution < 1.29 is 24.3 Å². The van der Waals surface area contributed by atoms with Gasteiger partial charge in [-0.15, -0.1) is 0 Å². The SMILES string of the molecule is CCCC[C@@H](C(=O)C(=O)N[C@H](C)c1ccccc1)N(C(=O)O)C1CC(C)(C)CN1C(=O)Cc1ccc(-c2ccccc2)cc1. The largest absolute Gasteiger partial charge is 0.465 e. The molecule has 2 N–H and O–H groups in total. The Morgan fingerprint density at radius 2 is 1.52 bits per heavy atom. The summed E-state index contributed by atoms with van der Waals surface area (Å²) < 4.78 is 0. The van der Waals surface area contributed by atoms with Gasteiger partial charge < -0.3 is 15.3 Å². The lowest BCUT2D eigenvalue weighted by molar-refractivity contribution is -0.144. The summed E-state index contributed by atoms with van der Waals surface area (Å²) in [6.45, 7) is 8.04. The molecule has 3 aromatic rings. The highest BCUT2D eigenvalue weighted by Crippen LogP contribution is 2.37. The van der Waals surface area contributed by atoms with Gasteiger partial charge in [-0.3, -0.25) is 19.3 Å². The number of nitrogens with zero attached hydrogens (tertiary/aromatic N) is 2. The van der Waals surface area contributed by atoms with E-state index in [2.05, 4.69) is 5.32 Å². The van der Waals surface area contributed by atoms with Crippen molar-refractivity contribution in [1.82, 2.24) is 15.1 Å². The van der Waals surface area contributed by atoms with E-state index < -0.39 is 36.0 Å². The quantitative estimate of drug-likeness (QED) is 0.233. The Balaban J connectivity index is 1.56. The van der Waals surface area contributed by atoms with Crippen LogP contribution in [0.25, 0.3) is 11.1 Å². The zero-order chi connectivity index (χ0) is 31.9. The van der Waals surface area contributed by atoms with Gasteiger partial charge in [0.2, 0.25) is 11.7 Å². The number of hydrogen-bond acceptors (Lipinski definition) is 4. The number of carboxylic acid groups (broad SMARTS) is 1. The minimum atomic E-state index is -1.32. The van der Waals surface area contributed by atoms with Crippen molar-refractivity contribution in [2.75, 3.05) is 6.54 Å². The molecule has 0 radical (unpaired) electrons. The lowest BCUT2D eigenvalue weighted by atomic mass is 9.91. The van der Waals surface area contributed by atoms with E-state index in [1.54, 1.807) is 11.8 Å². The molecule has 8 nitrogen and oxygen atoms in total. The number of carbonyl (C=O) groups excluding carboxylic acids is 3. The highest BCUT2D eigenvalue weighted by molar-refractivity contribution is 6.38. The van der Waals surface area contributed by atoms with Crippen LogP contribution in [0.5, 0.6) is 0 Å². The molecule has 3 atom stereocenters. The van der Waals surface area contributed by atoms with Crippen LogP contribution in [0.15, 0.2) is 84.9 Å². The third-order valence-electron chi connectivity index (χ3n) is 8.31. The van der Waals surface area contributed by atoms with Crippen molar-refractivity contribution in [2.45, 2.75) is 78.0 Å². The lowest BCUT2D eigenvalue weighted by Gasteiger charge is -2.38. The summed E-state index contributed by atoms with van der Waals surface area (Å²) in [5, 5.41) is 13.2. The molecule has 1 aliphatic heterocycles. The van der Waals surface area contributed by atoms with E-state index in [0.29, 0.717) is 19.4 Å². The molecule has 0 bridgehead atoms. The van der Waals surface area contributed by atoms with E-state index in [1.165, 1.54) is 0 Å². The van der Waals surface area contributed by atoms with Crippen LogP contribution in [0.1, 0.15) is 70.5 Å². The maximum atomic E-state index is 13.8. The van der Waals surface area contributed by atoms with Crippen molar-refractivity contribution in [1.29, 1.82) is 0 Å². The molecule has 232 valence electrons. The van der Waals surface area contributed by atoms with Crippen LogP contribution in [-0.2, 0) is 20.8 Å². The van der Waals surface area contributed by atoms with Crippen LogP contribution in [0, 0.1) is 5.41 Å². The number of likely N-dealkylation sites (tertiary alicyclic amines) is 1. The summed E-state index contributed by atoms with van der Waals surface area (Å²) >= 11 is 0. The smallest absolute Gasteiger partial charge is 0.409 e. The fourth-order valence-corrected chi connectivity index (χ4v) is 5.97. The molecule has 1 saturated heterocycles. The van der Waals surface area contributed by atoms with Crippen molar-refractivity contribution in [3.05, 3.63) is 96.1 Å². The van der Waals surface area contributed by atoms with Gasteiger partial charge in [0.05, 0.1) is 12.5 Å². The number of nitrogens with one attached hydrogen (secondary N) is 1. The van der Waals surface area contributed by atoms with Gasteiger partial charge in [0.15, 0.2) is 0 Å². The molecule has 0 saturated carbocycles. The molecule has 1 heterocycles. The first-order chi connectivity index (χ1) is 21.0.